The van der Waals surface area contributed by atoms with Crippen molar-refractivity contribution in [3.05, 3.63) is 29.8 Å². The van der Waals surface area contributed by atoms with Crippen molar-refractivity contribution in [1.82, 2.24) is 0 Å². The zero-order valence-electron chi connectivity index (χ0n) is 12.1. The Morgan fingerprint density at radius 1 is 1.28 bits per heavy atom. The molecule has 1 atom stereocenters. The third-order valence-corrected chi connectivity index (χ3v) is 3.70. The lowest BCUT2D eigenvalue weighted by molar-refractivity contribution is 0.0951. The summed E-state index contributed by atoms with van der Waals surface area (Å²) < 4.78 is 0. The molecule has 0 heterocycles. The second-order valence-corrected chi connectivity index (χ2v) is 7.05. The first kappa shape index (κ1) is 15.3. The molecule has 0 bridgehead atoms. The van der Waals surface area contributed by atoms with Gasteiger partial charge in [-0.15, -0.1) is 11.8 Å². The number of benzene rings is 1. The van der Waals surface area contributed by atoms with Crippen molar-refractivity contribution < 1.29 is 4.79 Å². The zero-order chi connectivity index (χ0) is 13.8. The minimum atomic E-state index is 0.275. The number of ketones is 1. The van der Waals surface area contributed by atoms with E-state index in [1.54, 1.807) is 11.8 Å². The predicted molar refractivity (Wildman–Crippen MR) is 80.4 cm³/mol. The molecule has 0 aliphatic carbocycles. The summed E-state index contributed by atoms with van der Waals surface area (Å²) in [6.45, 7) is 8.85. The van der Waals surface area contributed by atoms with Gasteiger partial charge in [-0.1, -0.05) is 45.9 Å². The predicted octanol–water partition coefficient (Wildman–Crippen LogP) is 5.05. The van der Waals surface area contributed by atoms with Crippen molar-refractivity contribution in [2.24, 2.45) is 11.3 Å². The van der Waals surface area contributed by atoms with Gasteiger partial charge in [-0.25, -0.2) is 0 Å². The van der Waals surface area contributed by atoms with Crippen LogP contribution >= 0.6 is 11.8 Å². The molecule has 0 spiro atoms. The highest BCUT2D eigenvalue weighted by Gasteiger charge is 2.19. The van der Waals surface area contributed by atoms with Crippen molar-refractivity contribution in [3.63, 3.8) is 0 Å². The maximum Gasteiger partial charge on any atom is 0.164 e. The Labute approximate surface area is 115 Å². The molecule has 0 aliphatic rings. The highest BCUT2D eigenvalue weighted by atomic mass is 32.2. The number of thioether (sulfide) groups is 1. The molecule has 1 aromatic carbocycles. The van der Waals surface area contributed by atoms with Crippen molar-refractivity contribution in [1.29, 1.82) is 0 Å². The fraction of sp³-hybridized carbons (Fsp3) is 0.562. The second-order valence-electron chi connectivity index (χ2n) is 6.20. The van der Waals surface area contributed by atoms with Crippen LogP contribution in [0, 0.1) is 11.3 Å². The molecule has 2 heteroatoms. The van der Waals surface area contributed by atoms with E-state index < -0.39 is 0 Å². The van der Waals surface area contributed by atoms with Gasteiger partial charge >= 0.3 is 0 Å². The summed E-state index contributed by atoms with van der Waals surface area (Å²) >= 11 is 1.64. The highest BCUT2D eigenvalue weighted by Crippen LogP contribution is 2.28. The third kappa shape index (κ3) is 4.85. The maximum absolute atomic E-state index is 12.3. The van der Waals surface area contributed by atoms with Crippen LogP contribution < -0.4 is 0 Å². The Balaban J connectivity index is 2.71. The Hall–Kier alpha value is -0.760. The van der Waals surface area contributed by atoms with Gasteiger partial charge in [0.1, 0.15) is 0 Å². The monoisotopic (exact) mass is 264 g/mol. The van der Waals surface area contributed by atoms with E-state index in [-0.39, 0.29) is 5.78 Å². The molecule has 1 unspecified atom stereocenters. The lowest BCUT2D eigenvalue weighted by Gasteiger charge is -2.22. The summed E-state index contributed by atoms with van der Waals surface area (Å²) in [5, 5.41) is 0. The van der Waals surface area contributed by atoms with Crippen LogP contribution in [0.4, 0.5) is 0 Å². The van der Waals surface area contributed by atoms with E-state index in [1.807, 2.05) is 30.5 Å². The quantitative estimate of drug-likeness (QED) is 0.546. The molecule has 0 saturated heterocycles. The first-order chi connectivity index (χ1) is 8.33. The molecule has 18 heavy (non-hydrogen) atoms. The first-order valence-corrected chi connectivity index (χ1v) is 7.72. The van der Waals surface area contributed by atoms with Crippen molar-refractivity contribution >= 4 is 17.5 Å². The average Bonchev–Trinajstić information content (AvgIpc) is 2.26. The fourth-order valence-corrected chi connectivity index (χ4v) is 3.04. The van der Waals surface area contributed by atoms with Gasteiger partial charge in [-0.3, -0.25) is 4.79 Å². The SMILES string of the molecule is CSc1ccccc1C(=O)CC(C)CC(C)(C)C. The second kappa shape index (κ2) is 6.42. The highest BCUT2D eigenvalue weighted by molar-refractivity contribution is 7.98. The van der Waals surface area contributed by atoms with Crippen LogP contribution in [0.15, 0.2) is 29.2 Å². The van der Waals surface area contributed by atoms with E-state index >= 15 is 0 Å². The molecule has 0 amide bonds. The molecule has 0 N–H and O–H groups in total. The lowest BCUT2D eigenvalue weighted by atomic mass is 9.83. The van der Waals surface area contributed by atoms with Gasteiger partial charge in [0, 0.05) is 16.9 Å². The lowest BCUT2D eigenvalue weighted by Crippen LogP contribution is -2.14. The molecular weight excluding hydrogens is 240 g/mol. The summed E-state index contributed by atoms with van der Waals surface area (Å²) in [5.41, 5.74) is 1.17. The summed E-state index contributed by atoms with van der Waals surface area (Å²) in [6, 6.07) is 7.90. The van der Waals surface area contributed by atoms with Crippen LogP contribution in [-0.4, -0.2) is 12.0 Å². The fourth-order valence-electron chi connectivity index (χ4n) is 2.42. The van der Waals surface area contributed by atoms with E-state index in [1.165, 1.54) is 0 Å². The van der Waals surface area contributed by atoms with Crippen LogP contribution in [0.25, 0.3) is 0 Å². The Morgan fingerprint density at radius 2 is 1.89 bits per heavy atom. The molecule has 0 radical (unpaired) electrons. The van der Waals surface area contributed by atoms with Gasteiger partial charge < -0.3 is 0 Å². The van der Waals surface area contributed by atoms with Crippen molar-refractivity contribution in [3.8, 4) is 0 Å². The topological polar surface area (TPSA) is 17.1 Å². The van der Waals surface area contributed by atoms with Crippen LogP contribution in [0.2, 0.25) is 0 Å². The Bertz CT molecular complexity index is 404. The smallest absolute Gasteiger partial charge is 0.164 e. The van der Waals surface area contributed by atoms with E-state index in [4.69, 9.17) is 0 Å². The van der Waals surface area contributed by atoms with E-state index in [2.05, 4.69) is 27.7 Å². The zero-order valence-corrected chi connectivity index (χ0v) is 12.9. The summed E-state index contributed by atoms with van der Waals surface area (Å²) in [7, 11) is 0. The Kier molecular flexibility index (Phi) is 5.46. The standard InChI is InChI=1S/C16H24OS/c1-12(11-16(2,3)4)10-14(17)13-8-6-7-9-15(13)18-5/h6-9,12H,10-11H2,1-5H3. The molecule has 0 aromatic heterocycles. The normalized spacial score (nSPS) is 13.4. The van der Waals surface area contributed by atoms with E-state index in [0.29, 0.717) is 17.8 Å². The number of hydrogen-bond donors (Lipinski definition) is 0. The summed E-state index contributed by atoms with van der Waals surface area (Å²) in [4.78, 5) is 13.4. The van der Waals surface area contributed by atoms with Gasteiger partial charge in [0.05, 0.1) is 0 Å². The third-order valence-electron chi connectivity index (χ3n) is 2.90. The summed E-state index contributed by atoms with van der Waals surface area (Å²) in [6.07, 6.45) is 3.75. The number of hydrogen-bond acceptors (Lipinski definition) is 2. The van der Waals surface area contributed by atoms with Crippen LogP contribution in [-0.2, 0) is 0 Å². The molecular formula is C16H24OS. The van der Waals surface area contributed by atoms with Crippen LogP contribution in [0.3, 0.4) is 0 Å². The van der Waals surface area contributed by atoms with Crippen LogP contribution in [0.5, 0.6) is 0 Å². The minimum Gasteiger partial charge on any atom is -0.294 e. The molecule has 1 nitrogen and oxygen atoms in total. The Morgan fingerprint density at radius 3 is 2.44 bits per heavy atom. The number of carbonyl (C=O) groups excluding carboxylic acids is 1. The van der Waals surface area contributed by atoms with Gasteiger partial charge in [-0.05, 0) is 30.1 Å². The van der Waals surface area contributed by atoms with Gasteiger partial charge in [0.2, 0.25) is 0 Å². The molecule has 0 aliphatic heterocycles. The average molecular weight is 264 g/mol. The van der Waals surface area contributed by atoms with Gasteiger partial charge in [0.15, 0.2) is 5.78 Å². The van der Waals surface area contributed by atoms with Crippen LogP contribution in [0.1, 0.15) is 50.9 Å². The number of Topliss-reactive ketones (excluding diaryl/α,β-unsaturated/α-hetero) is 1. The van der Waals surface area contributed by atoms with Gasteiger partial charge in [-0.2, -0.15) is 0 Å². The van der Waals surface area contributed by atoms with Crippen molar-refractivity contribution in [2.75, 3.05) is 6.26 Å². The maximum atomic E-state index is 12.3. The molecule has 1 rings (SSSR count). The molecule has 100 valence electrons. The summed E-state index contributed by atoms with van der Waals surface area (Å²) in [5.74, 6) is 0.712. The minimum absolute atomic E-state index is 0.275. The molecule has 0 fully saturated rings. The largest absolute Gasteiger partial charge is 0.294 e. The van der Waals surface area contributed by atoms with E-state index in [9.17, 15) is 4.79 Å². The number of rotatable bonds is 5. The molecule has 0 saturated carbocycles. The molecule has 1 aromatic rings. The first-order valence-electron chi connectivity index (χ1n) is 6.49. The number of carbonyl (C=O) groups is 1. The van der Waals surface area contributed by atoms with Crippen molar-refractivity contribution in [2.45, 2.75) is 45.4 Å². The van der Waals surface area contributed by atoms with Gasteiger partial charge in [0.25, 0.3) is 0 Å². The van der Waals surface area contributed by atoms with E-state index in [0.717, 1.165) is 16.9 Å².